The van der Waals surface area contributed by atoms with E-state index in [0.29, 0.717) is 18.3 Å². The molecule has 3 nitrogen and oxygen atoms in total. The summed E-state index contributed by atoms with van der Waals surface area (Å²) in [5, 5.41) is 13.3. The van der Waals surface area contributed by atoms with E-state index < -0.39 is 0 Å². The van der Waals surface area contributed by atoms with Crippen LogP contribution in [0.5, 0.6) is 5.75 Å². The van der Waals surface area contributed by atoms with E-state index in [1.807, 2.05) is 13.0 Å². The maximum Gasteiger partial charge on any atom is 0.138 e. The van der Waals surface area contributed by atoms with Crippen LogP contribution in [0, 0.1) is 18.8 Å². The molecule has 17 heavy (non-hydrogen) atoms. The van der Waals surface area contributed by atoms with Crippen LogP contribution in [0.3, 0.4) is 0 Å². The van der Waals surface area contributed by atoms with Gasteiger partial charge in [0.25, 0.3) is 0 Å². The second-order valence-corrected chi connectivity index (χ2v) is 5.58. The van der Waals surface area contributed by atoms with Gasteiger partial charge in [0.1, 0.15) is 5.75 Å². The summed E-state index contributed by atoms with van der Waals surface area (Å²) in [5.41, 5.74) is 1.75. The van der Waals surface area contributed by atoms with Crippen molar-refractivity contribution in [2.24, 2.45) is 11.8 Å². The molecule has 1 heterocycles. The first-order chi connectivity index (χ1) is 8.22. The first-order valence-corrected chi connectivity index (χ1v) is 6.61. The molecule has 2 fully saturated rings. The molecular formula is C14H20N2O. The molecule has 2 aliphatic rings. The van der Waals surface area contributed by atoms with Gasteiger partial charge in [0.05, 0.1) is 5.69 Å². The van der Waals surface area contributed by atoms with Gasteiger partial charge in [0.15, 0.2) is 0 Å². The van der Waals surface area contributed by atoms with Gasteiger partial charge in [0, 0.05) is 18.3 Å². The zero-order valence-electron chi connectivity index (χ0n) is 10.3. The Bertz CT molecular complexity index is 419. The van der Waals surface area contributed by atoms with Crippen molar-refractivity contribution in [2.45, 2.75) is 45.2 Å². The van der Waals surface area contributed by atoms with Crippen molar-refractivity contribution in [1.29, 1.82) is 0 Å². The maximum absolute atomic E-state index is 9.74. The molecule has 0 aromatic carbocycles. The Labute approximate surface area is 102 Å². The fourth-order valence-electron chi connectivity index (χ4n) is 3.46. The van der Waals surface area contributed by atoms with Crippen LogP contribution in [0.25, 0.3) is 0 Å². The molecule has 0 aliphatic heterocycles. The minimum atomic E-state index is 0.311. The molecule has 3 unspecified atom stereocenters. The topological polar surface area (TPSA) is 45.1 Å². The quantitative estimate of drug-likeness (QED) is 0.841. The average Bonchev–Trinajstić information content (AvgIpc) is 2.92. The standard InChI is InChI=1S/C14H20N2O/c1-9-2-5-14(17)13(16-9)8-15-12-7-10-3-4-11(12)6-10/h2,5,10-12,15,17H,3-4,6-8H2,1H3. The van der Waals surface area contributed by atoms with E-state index in [2.05, 4.69) is 10.3 Å². The van der Waals surface area contributed by atoms with Gasteiger partial charge in [-0.05, 0) is 50.2 Å². The number of nitrogens with zero attached hydrogens (tertiary/aromatic N) is 1. The fraction of sp³-hybridized carbons (Fsp3) is 0.643. The van der Waals surface area contributed by atoms with Crippen LogP contribution in [0.15, 0.2) is 12.1 Å². The minimum Gasteiger partial charge on any atom is -0.506 e. The van der Waals surface area contributed by atoms with Crippen LogP contribution in [0.2, 0.25) is 0 Å². The third-order valence-corrected chi connectivity index (χ3v) is 4.36. The second kappa shape index (κ2) is 4.30. The van der Waals surface area contributed by atoms with Crippen molar-refractivity contribution in [3.05, 3.63) is 23.5 Å². The minimum absolute atomic E-state index is 0.311. The van der Waals surface area contributed by atoms with Crippen molar-refractivity contribution in [3.8, 4) is 5.75 Å². The first-order valence-electron chi connectivity index (χ1n) is 6.61. The molecule has 0 spiro atoms. The summed E-state index contributed by atoms with van der Waals surface area (Å²) in [6.45, 7) is 2.65. The van der Waals surface area contributed by atoms with E-state index in [1.165, 1.54) is 25.7 Å². The molecule has 0 radical (unpaired) electrons. The highest BCUT2D eigenvalue weighted by Crippen LogP contribution is 2.44. The van der Waals surface area contributed by atoms with Crippen molar-refractivity contribution < 1.29 is 5.11 Å². The summed E-state index contributed by atoms with van der Waals surface area (Å²) in [5.74, 6) is 2.13. The molecular weight excluding hydrogens is 212 g/mol. The predicted molar refractivity (Wildman–Crippen MR) is 66.7 cm³/mol. The lowest BCUT2D eigenvalue weighted by Crippen LogP contribution is -2.33. The van der Waals surface area contributed by atoms with Gasteiger partial charge in [-0.1, -0.05) is 6.42 Å². The molecule has 3 heteroatoms. The number of pyridine rings is 1. The molecule has 2 aliphatic carbocycles. The highest BCUT2D eigenvalue weighted by atomic mass is 16.3. The van der Waals surface area contributed by atoms with Gasteiger partial charge in [-0.15, -0.1) is 0 Å². The average molecular weight is 232 g/mol. The van der Waals surface area contributed by atoms with Crippen LogP contribution in [-0.2, 0) is 6.54 Å². The monoisotopic (exact) mass is 232 g/mol. The molecule has 1 aromatic heterocycles. The molecule has 2 bridgehead atoms. The van der Waals surface area contributed by atoms with Crippen LogP contribution in [0.4, 0.5) is 0 Å². The van der Waals surface area contributed by atoms with Crippen LogP contribution in [0.1, 0.15) is 37.1 Å². The van der Waals surface area contributed by atoms with Gasteiger partial charge >= 0.3 is 0 Å². The van der Waals surface area contributed by atoms with Crippen LogP contribution >= 0.6 is 0 Å². The first kappa shape index (κ1) is 11.0. The molecule has 2 saturated carbocycles. The molecule has 0 amide bonds. The lowest BCUT2D eigenvalue weighted by atomic mass is 9.95. The lowest BCUT2D eigenvalue weighted by molar-refractivity contribution is 0.346. The molecule has 3 atom stereocenters. The van der Waals surface area contributed by atoms with E-state index in [-0.39, 0.29) is 0 Å². The van der Waals surface area contributed by atoms with Crippen LogP contribution in [-0.4, -0.2) is 16.1 Å². The smallest absolute Gasteiger partial charge is 0.138 e. The van der Waals surface area contributed by atoms with Crippen molar-refractivity contribution in [1.82, 2.24) is 10.3 Å². The van der Waals surface area contributed by atoms with Crippen molar-refractivity contribution in [2.75, 3.05) is 0 Å². The Balaban J connectivity index is 1.62. The number of rotatable bonds is 3. The Morgan fingerprint density at radius 2 is 2.24 bits per heavy atom. The zero-order valence-corrected chi connectivity index (χ0v) is 10.3. The summed E-state index contributed by atoms with van der Waals surface area (Å²) < 4.78 is 0. The zero-order chi connectivity index (χ0) is 11.8. The third-order valence-electron chi connectivity index (χ3n) is 4.36. The SMILES string of the molecule is Cc1ccc(O)c(CNC2CC3CCC2C3)n1. The molecule has 2 N–H and O–H groups in total. The van der Waals surface area contributed by atoms with Crippen molar-refractivity contribution in [3.63, 3.8) is 0 Å². The Morgan fingerprint density at radius 1 is 1.35 bits per heavy atom. The van der Waals surface area contributed by atoms with E-state index in [4.69, 9.17) is 0 Å². The number of aromatic hydroxyl groups is 1. The Morgan fingerprint density at radius 3 is 2.94 bits per heavy atom. The second-order valence-electron chi connectivity index (χ2n) is 5.58. The fourth-order valence-corrected chi connectivity index (χ4v) is 3.46. The van der Waals surface area contributed by atoms with Gasteiger partial charge < -0.3 is 10.4 Å². The molecule has 1 aromatic rings. The number of aromatic nitrogens is 1. The maximum atomic E-state index is 9.74. The number of fused-ring (bicyclic) bond motifs is 2. The van der Waals surface area contributed by atoms with E-state index >= 15 is 0 Å². The molecule has 0 saturated heterocycles. The Kier molecular flexibility index (Phi) is 2.79. The number of aryl methyl sites for hydroxylation is 1. The normalized spacial score (nSPS) is 31.0. The van der Waals surface area contributed by atoms with Crippen molar-refractivity contribution >= 4 is 0 Å². The van der Waals surface area contributed by atoms with Gasteiger partial charge in [-0.25, -0.2) is 0 Å². The van der Waals surface area contributed by atoms with E-state index in [0.717, 1.165) is 23.2 Å². The third kappa shape index (κ3) is 2.16. The summed E-state index contributed by atoms with van der Waals surface area (Å²) in [4.78, 5) is 4.38. The summed E-state index contributed by atoms with van der Waals surface area (Å²) >= 11 is 0. The Hall–Kier alpha value is -1.09. The number of hydrogen-bond acceptors (Lipinski definition) is 3. The molecule has 92 valence electrons. The number of hydrogen-bond donors (Lipinski definition) is 2. The van der Waals surface area contributed by atoms with Gasteiger partial charge in [-0.3, -0.25) is 4.98 Å². The highest BCUT2D eigenvalue weighted by molar-refractivity contribution is 5.27. The summed E-state index contributed by atoms with van der Waals surface area (Å²) in [7, 11) is 0. The number of nitrogens with one attached hydrogen (secondary N) is 1. The highest BCUT2D eigenvalue weighted by Gasteiger charge is 2.39. The summed E-state index contributed by atoms with van der Waals surface area (Å²) in [6, 6.07) is 4.23. The van der Waals surface area contributed by atoms with Gasteiger partial charge in [0.2, 0.25) is 0 Å². The van der Waals surface area contributed by atoms with E-state index in [9.17, 15) is 5.11 Å². The predicted octanol–water partition coefficient (Wildman–Crippen LogP) is 2.37. The largest absolute Gasteiger partial charge is 0.506 e. The lowest BCUT2D eigenvalue weighted by Gasteiger charge is -2.23. The molecule has 3 rings (SSSR count). The van der Waals surface area contributed by atoms with Crippen LogP contribution < -0.4 is 5.32 Å². The van der Waals surface area contributed by atoms with Gasteiger partial charge in [-0.2, -0.15) is 0 Å². The van der Waals surface area contributed by atoms with E-state index in [1.54, 1.807) is 6.07 Å². The summed E-state index contributed by atoms with van der Waals surface area (Å²) in [6.07, 6.45) is 5.54.